The second-order valence-corrected chi connectivity index (χ2v) is 5.19. The van der Waals surface area contributed by atoms with Gasteiger partial charge in [-0.1, -0.05) is 18.6 Å². The van der Waals surface area contributed by atoms with E-state index in [0.717, 1.165) is 42.5 Å². The number of aromatic nitrogens is 2. The van der Waals surface area contributed by atoms with Crippen molar-refractivity contribution in [3.05, 3.63) is 30.1 Å². The third-order valence-electron chi connectivity index (χ3n) is 3.99. The van der Waals surface area contributed by atoms with E-state index in [9.17, 15) is 4.79 Å². The van der Waals surface area contributed by atoms with E-state index in [1.807, 2.05) is 25.2 Å². The lowest BCUT2D eigenvalue weighted by Gasteiger charge is -2.19. The number of para-hydroxylation sites is 2. The van der Waals surface area contributed by atoms with Gasteiger partial charge in [-0.25, -0.2) is 4.98 Å². The highest BCUT2D eigenvalue weighted by Gasteiger charge is 2.24. The van der Waals surface area contributed by atoms with Gasteiger partial charge in [-0.3, -0.25) is 4.79 Å². The van der Waals surface area contributed by atoms with Crippen LogP contribution in [0.2, 0.25) is 0 Å². The molecule has 0 amide bonds. The lowest BCUT2D eigenvalue weighted by atomic mass is 9.85. The highest BCUT2D eigenvalue weighted by Crippen LogP contribution is 2.25. The summed E-state index contributed by atoms with van der Waals surface area (Å²) in [6.07, 6.45) is 4.83. The van der Waals surface area contributed by atoms with Crippen LogP contribution in [0.4, 0.5) is 0 Å². The largest absolute Gasteiger partial charge is 0.331 e. The standard InChI is InChI=1S/C15H18N2O/c1-17-13-8-4-3-7-12(13)16-15(17)10-11-6-2-5-9-14(11)18/h3-4,7-8,11H,2,5-6,9-10H2,1H3. The first-order valence-electron chi connectivity index (χ1n) is 6.69. The van der Waals surface area contributed by atoms with Crippen molar-refractivity contribution in [2.45, 2.75) is 32.1 Å². The van der Waals surface area contributed by atoms with Gasteiger partial charge in [0, 0.05) is 25.8 Å². The first-order chi connectivity index (χ1) is 8.75. The molecule has 2 aromatic rings. The Morgan fingerprint density at radius 3 is 2.94 bits per heavy atom. The zero-order chi connectivity index (χ0) is 12.5. The van der Waals surface area contributed by atoms with Crippen LogP contribution in [0.5, 0.6) is 0 Å². The van der Waals surface area contributed by atoms with Crippen LogP contribution in [0.15, 0.2) is 24.3 Å². The molecule has 0 spiro atoms. The number of carbonyl (C=O) groups excluding carboxylic acids is 1. The minimum Gasteiger partial charge on any atom is -0.331 e. The number of nitrogens with zero attached hydrogens (tertiary/aromatic N) is 2. The fourth-order valence-corrected chi connectivity index (χ4v) is 2.87. The summed E-state index contributed by atoms with van der Waals surface area (Å²) in [6.45, 7) is 0. The van der Waals surface area contributed by atoms with Gasteiger partial charge in [-0.15, -0.1) is 0 Å². The Labute approximate surface area is 107 Å². The second-order valence-electron chi connectivity index (χ2n) is 5.19. The van der Waals surface area contributed by atoms with Crippen molar-refractivity contribution in [1.29, 1.82) is 0 Å². The molecule has 1 aliphatic rings. The first kappa shape index (κ1) is 11.5. The monoisotopic (exact) mass is 242 g/mol. The smallest absolute Gasteiger partial charge is 0.136 e. The normalized spacial score (nSPS) is 20.5. The molecule has 3 rings (SSSR count). The van der Waals surface area contributed by atoms with Gasteiger partial charge < -0.3 is 4.57 Å². The van der Waals surface area contributed by atoms with Crippen molar-refractivity contribution in [2.75, 3.05) is 0 Å². The van der Waals surface area contributed by atoms with Gasteiger partial charge in [-0.2, -0.15) is 0 Å². The molecule has 1 aliphatic carbocycles. The molecule has 0 bridgehead atoms. The van der Waals surface area contributed by atoms with Gasteiger partial charge in [0.2, 0.25) is 0 Å². The first-order valence-corrected chi connectivity index (χ1v) is 6.69. The second kappa shape index (κ2) is 4.56. The summed E-state index contributed by atoms with van der Waals surface area (Å²) < 4.78 is 2.12. The molecule has 1 aromatic heterocycles. The number of hydrogen-bond acceptors (Lipinski definition) is 2. The number of aryl methyl sites for hydroxylation is 1. The van der Waals surface area contributed by atoms with E-state index in [-0.39, 0.29) is 5.92 Å². The number of ketones is 1. The van der Waals surface area contributed by atoms with E-state index in [4.69, 9.17) is 0 Å². The Morgan fingerprint density at radius 2 is 2.17 bits per heavy atom. The van der Waals surface area contributed by atoms with Gasteiger partial charge in [-0.05, 0) is 25.0 Å². The van der Waals surface area contributed by atoms with Crippen LogP contribution in [-0.4, -0.2) is 15.3 Å². The highest BCUT2D eigenvalue weighted by atomic mass is 16.1. The number of fused-ring (bicyclic) bond motifs is 1. The molecule has 1 unspecified atom stereocenters. The van der Waals surface area contributed by atoms with E-state index >= 15 is 0 Å². The van der Waals surface area contributed by atoms with Gasteiger partial charge in [0.25, 0.3) is 0 Å². The summed E-state index contributed by atoms with van der Waals surface area (Å²) in [5.74, 6) is 1.65. The summed E-state index contributed by atoms with van der Waals surface area (Å²) >= 11 is 0. The number of imidazole rings is 1. The maximum Gasteiger partial charge on any atom is 0.136 e. The number of Topliss-reactive ketones (excluding diaryl/α,β-unsaturated/α-hetero) is 1. The number of hydrogen-bond donors (Lipinski definition) is 0. The molecule has 1 heterocycles. The van der Waals surface area contributed by atoms with E-state index in [0.29, 0.717) is 5.78 Å². The molecule has 0 radical (unpaired) electrons. The van der Waals surface area contributed by atoms with Crippen molar-refractivity contribution >= 4 is 16.8 Å². The molecule has 3 nitrogen and oxygen atoms in total. The van der Waals surface area contributed by atoms with Crippen LogP contribution < -0.4 is 0 Å². The van der Waals surface area contributed by atoms with Crippen LogP contribution in [0.25, 0.3) is 11.0 Å². The molecule has 0 N–H and O–H groups in total. The summed E-state index contributed by atoms with van der Waals surface area (Å²) in [7, 11) is 2.04. The lowest BCUT2D eigenvalue weighted by Crippen LogP contribution is -2.22. The molecule has 18 heavy (non-hydrogen) atoms. The number of benzene rings is 1. The maximum absolute atomic E-state index is 11.9. The SMILES string of the molecule is Cn1c(CC2CCCCC2=O)nc2ccccc21. The fraction of sp³-hybridized carbons (Fsp3) is 0.467. The van der Waals surface area contributed by atoms with E-state index in [1.54, 1.807) is 0 Å². The van der Waals surface area contributed by atoms with E-state index in [1.165, 1.54) is 6.42 Å². The molecule has 94 valence electrons. The molecule has 0 aliphatic heterocycles. The number of carbonyl (C=O) groups is 1. The van der Waals surface area contributed by atoms with Crippen molar-refractivity contribution in [2.24, 2.45) is 13.0 Å². The number of rotatable bonds is 2. The topological polar surface area (TPSA) is 34.9 Å². The minimum atomic E-state index is 0.189. The van der Waals surface area contributed by atoms with Gasteiger partial charge in [0.15, 0.2) is 0 Å². The van der Waals surface area contributed by atoms with Crippen LogP contribution in [0, 0.1) is 5.92 Å². The van der Waals surface area contributed by atoms with Crippen LogP contribution in [0.1, 0.15) is 31.5 Å². The third kappa shape index (κ3) is 1.94. The fourth-order valence-electron chi connectivity index (χ4n) is 2.87. The lowest BCUT2D eigenvalue weighted by molar-refractivity contribution is -0.124. The average molecular weight is 242 g/mol. The molecule has 0 saturated heterocycles. The van der Waals surface area contributed by atoms with Gasteiger partial charge >= 0.3 is 0 Å². The summed E-state index contributed by atoms with van der Waals surface area (Å²) in [6, 6.07) is 8.14. The predicted molar refractivity (Wildman–Crippen MR) is 71.4 cm³/mol. The Hall–Kier alpha value is -1.64. The van der Waals surface area contributed by atoms with Gasteiger partial charge in [0.05, 0.1) is 11.0 Å². The molecule has 1 fully saturated rings. The Bertz CT molecular complexity index is 585. The molecular formula is C15H18N2O. The molecule has 1 saturated carbocycles. The van der Waals surface area contributed by atoms with Crippen molar-refractivity contribution < 1.29 is 4.79 Å². The molecule has 3 heteroatoms. The molecular weight excluding hydrogens is 224 g/mol. The Morgan fingerprint density at radius 1 is 1.33 bits per heavy atom. The molecule has 1 atom stereocenters. The quantitative estimate of drug-likeness (QED) is 0.811. The van der Waals surface area contributed by atoms with Crippen LogP contribution >= 0.6 is 0 Å². The third-order valence-corrected chi connectivity index (χ3v) is 3.99. The maximum atomic E-state index is 11.9. The van der Waals surface area contributed by atoms with E-state index in [2.05, 4.69) is 15.6 Å². The van der Waals surface area contributed by atoms with Gasteiger partial charge in [0.1, 0.15) is 11.6 Å². The average Bonchev–Trinajstić information content (AvgIpc) is 2.70. The van der Waals surface area contributed by atoms with Crippen molar-refractivity contribution in [3.63, 3.8) is 0 Å². The minimum absolute atomic E-state index is 0.189. The zero-order valence-corrected chi connectivity index (χ0v) is 10.7. The highest BCUT2D eigenvalue weighted by molar-refractivity contribution is 5.82. The molecule has 1 aromatic carbocycles. The summed E-state index contributed by atoms with van der Waals surface area (Å²) in [5.41, 5.74) is 2.18. The zero-order valence-electron chi connectivity index (χ0n) is 10.7. The predicted octanol–water partition coefficient (Wildman–Crippen LogP) is 2.88. The Kier molecular flexibility index (Phi) is 2.90. The summed E-state index contributed by atoms with van der Waals surface area (Å²) in [4.78, 5) is 16.5. The Balaban J connectivity index is 1.90. The van der Waals surface area contributed by atoms with Crippen LogP contribution in [0.3, 0.4) is 0 Å². The van der Waals surface area contributed by atoms with Crippen LogP contribution in [-0.2, 0) is 18.3 Å². The van der Waals surface area contributed by atoms with Crippen molar-refractivity contribution in [3.8, 4) is 0 Å². The van der Waals surface area contributed by atoms with E-state index < -0.39 is 0 Å². The summed E-state index contributed by atoms with van der Waals surface area (Å²) in [5, 5.41) is 0. The van der Waals surface area contributed by atoms with Crippen molar-refractivity contribution in [1.82, 2.24) is 9.55 Å².